The molecular formula is C22H16Cl2FN7. The van der Waals surface area contributed by atoms with Gasteiger partial charge in [0, 0.05) is 0 Å². The van der Waals surface area contributed by atoms with Crippen LogP contribution in [0.25, 0.3) is 11.4 Å². The van der Waals surface area contributed by atoms with Crippen LogP contribution < -0.4 is 5.32 Å². The van der Waals surface area contributed by atoms with Gasteiger partial charge in [0.05, 0.1) is 29.0 Å². The van der Waals surface area contributed by atoms with Crippen LogP contribution in [-0.2, 0) is 6.54 Å². The molecule has 1 N–H and O–H groups in total. The molecule has 0 atom stereocenters. The summed E-state index contributed by atoms with van der Waals surface area (Å²) in [7, 11) is 0. The van der Waals surface area contributed by atoms with E-state index in [2.05, 4.69) is 35.5 Å². The molecule has 160 valence electrons. The Morgan fingerprint density at radius 1 is 0.969 bits per heavy atom. The lowest BCUT2D eigenvalue weighted by molar-refractivity contribution is 0.630. The SMILES string of the molecule is Cc1ccc(CN=Nc2nc(Nc3ccc(Cl)nc3)nc(-c3c(F)cccc3Cl)n2)cc1. The molecule has 0 bridgehead atoms. The molecule has 4 aromatic rings. The van der Waals surface area contributed by atoms with E-state index >= 15 is 0 Å². The molecule has 0 amide bonds. The maximum absolute atomic E-state index is 14.5. The summed E-state index contributed by atoms with van der Waals surface area (Å²) in [6, 6.07) is 15.6. The van der Waals surface area contributed by atoms with Crippen LogP contribution in [0.4, 0.5) is 22.0 Å². The highest BCUT2D eigenvalue weighted by molar-refractivity contribution is 6.33. The standard InChI is InChI=1S/C22H16Cl2FN7/c1-13-5-7-14(8-6-13)11-27-32-22-30-20(19-16(23)3-2-4-17(19)25)29-21(31-22)28-15-9-10-18(24)26-12-15/h2-10,12H,11H2,1H3,(H,28,29,30,31). The second kappa shape index (κ2) is 9.76. The first kappa shape index (κ1) is 21.7. The fourth-order valence-electron chi connectivity index (χ4n) is 2.74. The van der Waals surface area contributed by atoms with Crippen molar-refractivity contribution in [2.75, 3.05) is 5.32 Å². The molecule has 0 saturated heterocycles. The molecule has 0 spiro atoms. The first-order chi connectivity index (χ1) is 15.5. The largest absolute Gasteiger partial charge is 0.323 e. The van der Waals surface area contributed by atoms with Gasteiger partial charge in [-0.3, -0.25) is 0 Å². The normalized spacial score (nSPS) is 11.1. The summed E-state index contributed by atoms with van der Waals surface area (Å²) in [4.78, 5) is 16.8. The second-order valence-corrected chi connectivity index (χ2v) is 7.55. The van der Waals surface area contributed by atoms with Crippen LogP contribution in [0.5, 0.6) is 0 Å². The van der Waals surface area contributed by atoms with Gasteiger partial charge in [-0.15, -0.1) is 5.11 Å². The summed E-state index contributed by atoms with van der Waals surface area (Å²) in [6.45, 7) is 2.35. The maximum Gasteiger partial charge on any atom is 0.273 e. The minimum atomic E-state index is -0.564. The van der Waals surface area contributed by atoms with Crippen molar-refractivity contribution in [1.82, 2.24) is 19.9 Å². The Labute approximate surface area is 193 Å². The van der Waals surface area contributed by atoms with Crippen LogP contribution in [0.15, 0.2) is 71.0 Å². The fraction of sp³-hybridized carbons (Fsp3) is 0.0909. The predicted molar refractivity (Wildman–Crippen MR) is 122 cm³/mol. The minimum absolute atomic E-state index is 0.00542. The number of pyridine rings is 1. The lowest BCUT2D eigenvalue weighted by Gasteiger charge is -2.09. The third-order valence-corrected chi connectivity index (χ3v) is 4.87. The number of anilines is 2. The number of halogens is 3. The quantitative estimate of drug-likeness (QED) is 0.251. The Balaban J connectivity index is 1.68. The van der Waals surface area contributed by atoms with Gasteiger partial charge in [-0.1, -0.05) is 59.1 Å². The van der Waals surface area contributed by atoms with Crippen molar-refractivity contribution in [3.05, 3.63) is 87.9 Å². The van der Waals surface area contributed by atoms with Crippen molar-refractivity contribution >= 4 is 40.8 Å². The molecule has 0 aliphatic rings. The van der Waals surface area contributed by atoms with Crippen LogP contribution in [0.3, 0.4) is 0 Å². The number of hydrogen-bond donors (Lipinski definition) is 1. The summed E-state index contributed by atoms with van der Waals surface area (Å²) in [5.41, 5.74) is 2.76. The van der Waals surface area contributed by atoms with Gasteiger partial charge >= 0.3 is 0 Å². The minimum Gasteiger partial charge on any atom is -0.323 e. The van der Waals surface area contributed by atoms with E-state index in [0.29, 0.717) is 17.4 Å². The molecule has 4 rings (SSSR count). The van der Waals surface area contributed by atoms with Crippen molar-refractivity contribution in [1.29, 1.82) is 0 Å². The van der Waals surface area contributed by atoms with Crippen molar-refractivity contribution in [3.8, 4) is 11.4 Å². The summed E-state index contributed by atoms with van der Waals surface area (Å²) in [6.07, 6.45) is 1.51. The molecule has 7 nitrogen and oxygen atoms in total. The lowest BCUT2D eigenvalue weighted by atomic mass is 10.2. The molecule has 0 unspecified atom stereocenters. The van der Waals surface area contributed by atoms with E-state index in [1.165, 1.54) is 18.3 Å². The van der Waals surface area contributed by atoms with Crippen molar-refractivity contribution in [2.24, 2.45) is 10.2 Å². The summed E-state index contributed by atoms with van der Waals surface area (Å²) in [5.74, 6) is -0.407. The Bertz CT molecular complexity index is 1240. The van der Waals surface area contributed by atoms with Gasteiger partial charge in [-0.2, -0.15) is 20.1 Å². The Morgan fingerprint density at radius 3 is 2.50 bits per heavy atom. The smallest absolute Gasteiger partial charge is 0.273 e. The number of azo groups is 1. The molecule has 0 saturated carbocycles. The first-order valence-electron chi connectivity index (χ1n) is 9.50. The fourth-order valence-corrected chi connectivity index (χ4v) is 3.10. The van der Waals surface area contributed by atoms with E-state index in [1.54, 1.807) is 18.2 Å². The van der Waals surface area contributed by atoms with E-state index < -0.39 is 5.82 Å². The van der Waals surface area contributed by atoms with Gasteiger partial charge < -0.3 is 5.32 Å². The van der Waals surface area contributed by atoms with Crippen LogP contribution in [0.2, 0.25) is 10.2 Å². The third kappa shape index (κ3) is 5.40. The van der Waals surface area contributed by atoms with E-state index in [-0.39, 0.29) is 28.3 Å². The molecule has 0 fully saturated rings. The number of rotatable bonds is 6. The molecule has 2 aromatic heterocycles. The molecule has 10 heteroatoms. The van der Waals surface area contributed by atoms with E-state index in [1.807, 2.05) is 31.2 Å². The average Bonchev–Trinajstić information content (AvgIpc) is 2.77. The molecule has 2 heterocycles. The van der Waals surface area contributed by atoms with Crippen LogP contribution in [-0.4, -0.2) is 19.9 Å². The predicted octanol–water partition coefficient (Wildman–Crippen LogP) is 6.72. The summed E-state index contributed by atoms with van der Waals surface area (Å²) in [5, 5.41) is 11.8. The highest BCUT2D eigenvalue weighted by Gasteiger charge is 2.16. The third-order valence-electron chi connectivity index (χ3n) is 4.33. The van der Waals surface area contributed by atoms with Crippen molar-refractivity contribution < 1.29 is 4.39 Å². The average molecular weight is 468 g/mol. The number of benzene rings is 2. The number of aryl methyl sites for hydroxylation is 1. The second-order valence-electron chi connectivity index (χ2n) is 6.76. The van der Waals surface area contributed by atoms with Gasteiger partial charge in [-0.25, -0.2) is 9.37 Å². The molecule has 0 radical (unpaired) electrons. The monoisotopic (exact) mass is 467 g/mol. The molecule has 2 aromatic carbocycles. The summed E-state index contributed by atoms with van der Waals surface area (Å²) < 4.78 is 14.5. The Kier molecular flexibility index (Phi) is 6.63. The molecule has 32 heavy (non-hydrogen) atoms. The topological polar surface area (TPSA) is 88.3 Å². The van der Waals surface area contributed by atoms with E-state index in [0.717, 1.165) is 11.1 Å². The van der Waals surface area contributed by atoms with Crippen molar-refractivity contribution in [3.63, 3.8) is 0 Å². The highest BCUT2D eigenvalue weighted by atomic mass is 35.5. The van der Waals surface area contributed by atoms with Gasteiger partial charge in [0.15, 0.2) is 5.82 Å². The van der Waals surface area contributed by atoms with Crippen LogP contribution >= 0.6 is 23.2 Å². The Hall–Kier alpha value is -3.49. The lowest BCUT2D eigenvalue weighted by Crippen LogP contribution is -2.02. The van der Waals surface area contributed by atoms with Crippen LogP contribution in [0.1, 0.15) is 11.1 Å². The highest BCUT2D eigenvalue weighted by Crippen LogP contribution is 2.30. The zero-order valence-corrected chi connectivity index (χ0v) is 18.3. The number of aromatic nitrogens is 4. The number of nitrogens with zero attached hydrogens (tertiary/aromatic N) is 6. The van der Waals surface area contributed by atoms with Crippen molar-refractivity contribution in [2.45, 2.75) is 13.5 Å². The number of hydrogen-bond acceptors (Lipinski definition) is 7. The molecule has 0 aliphatic carbocycles. The van der Waals surface area contributed by atoms with Gasteiger partial charge in [0.2, 0.25) is 5.95 Å². The zero-order valence-electron chi connectivity index (χ0n) is 16.8. The number of nitrogens with one attached hydrogen (secondary N) is 1. The molecule has 0 aliphatic heterocycles. The van der Waals surface area contributed by atoms with Gasteiger partial charge in [0.1, 0.15) is 11.0 Å². The zero-order chi connectivity index (χ0) is 22.5. The van der Waals surface area contributed by atoms with Gasteiger partial charge in [-0.05, 0) is 36.8 Å². The Morgan fingerprint density at radius 2 is 1.78 bits per heavy atom. The van der Waals surface area contributed by atoms with E-state index in [4.69, 9.17) is 23.2 Å². The van der Waals surface area contributed by atoms with Crippen LogP contribution in [0, 0.1) is 12.7 Å². The maximum atomic E-state index is 14.5. The van der Waals surface area contributed by atoms with Gasteiger partial charge in [0.25, 0.3) is 5.95 Å². The first-order valence-corrected chi connectivity index (χ1v) is 10.3. The molecular weight excluding hydrogens is 452 g/mol. The summed E-state index contributed by atoms with van der Waals surface area (Å²) >= 11 is 12.0. The van der Waals surface area contributed by atoms with E-state index in [9.17, 15) is 4.39 Å².